The average Bonchev–Trinajstić information content (AvgIpc) is 2.53. The van der Waals surface area contributed by atoms with Crippen LogP contribution in [0.25, 0.3) is 0 Å². The lowest BCUT2D eigenvalue weighted by molar-refractivity contribution is 0.0925. The minimum Gasteiger partial charge on any atom is -0.507 e. The summed E-state index contributed by atoms with van der Waals surface area (Å²) >= 11 is 0. The van der Waals surface area contributed by atoms with Crippen LogP contribution in [0, 0.1) is 5.41 Å². The van der Waals surface area contributed by atoms with E-state index in [1.807, 2.05) is 0 Å². The van der Waals surface area contributed by atoms with Gasteiger partial charge in [0.15, 0.2) is 17.3 Å². The highest BCUT2D eigenvalue weighted by Crippen LogP contribution is 2.60. The van der Waals surface area contributed by atoms with Crippen molar-refractivity contribution in [2.75, 3.05) is 13.7 Å². The summed E-state index contributed by atoms with van der Waals surface area (Å²) in [5.41, 5.74) is 0.555. The second-order valence-corrected chi connectivity index (χ2v) is 8.54. The predicted molar refractivity (Wildman–Crippen MR) is 99.1 cm³/mol. The quantitative estimate of drug-likeness (QED) is 0.557. The van der Waals surface area contributed by atoms with Crippen LogP contribution in [0.1, 0.15) is 74.4 Å². The Labute approximate surface area is 154 Å². The third-order valence-corrected chi connectivity index (χ3v) is 6.08. The number of benzene rings is 1. The first-order chi connectivity index (χ1) is 12.1. The van der Waals surface area contributed by atoms with Crippen LogP contribution in [0.2, 0.25) is 0 Å². The van der Waals surface area contributed by atoms with E-state index in [-0.39, 0.29) is 52.1 Å². The topological polar surface area (TPSA) is 87.0 Å². The maximum atomic E-state index is 13.0. The van der Waals surface area contributed by atoms with Crippen molar-refractivity contribution in [2.24, 2.45) is 5.41 Å². The van der Waals surface area contributed by atoms with E-state index in [1.165, 1.54) is 0 Å². The zero-order valence-corrected chi connectivity index (χ0v) is 16.1. The number of hydrogen-bond acceptors (Lipinski definition) is 5. The highest BCUT2D eigenvalue weighted by atomic mass is 16.5. The predicted octanol–water partition coefficient (Wildman–Crippen LogP) is 4.14. The van der Waals surface area contributed by atoms with Gasteiger partial charge in [0.25, 0.3) is 0 Å². The van der Waals surface area contributed by atoms with Crippen LogP contribution in [0.5, 0.6) is 17.2 Å². The molecule has 2 aliphatic rings. The number of phenols is 3. The average molecular weight is 360 g/mol. The maximum absolute atomic E-state index is 13.0. The maximum Gasteiger partial charge on any atom is 0.190 e. The second-order valence-electron chi connectivity index (χ2n) is 8.54. The Morgan fingerprint density at radius 3 is 2.35 bits per heavy atom. The van der Waals surface area contributed by atoms with Gasteiger partial charge in [-0.15, -0.1) is 0 Å². The van der Waals surface area contributed by atoms with Gasteiger partial charge in [0.05, 0.1) is 12.2 Å². The summed E-state index contributed by atoms with van der Waals surface area (Å²) in [5.74, 6) is -1.46. The molecular weight excluding hydrogens is 332 g/mol. The number of carbonyl (C=O) groups is 1. The van der Waals surface area contributed by atoms with Crippen molar-refractivity contribution in [3.8, 4) is 17.2 Å². The number of fused-ring (bicyclic) bond motifs is 3. The summed E-state index contributed by atoms with van der Waals surface area (Å²) in [5, 5.41) is 32.4. The third-order valence-electron chi connectivity index (χ3n) is 6.08. The molecule has 0 radical (unpaired) electrons. The third kappa shape index (κ3) is 2.37. The number of allylic oxidation sites excluding steroid dienone is 1. The van der Waals surface area contributed by atoms with Gasteiger partial charge in [0.1, 0.15) is 5.75 Å². The SMILES string of the molecule is COC[C@]12CCCC(C)(C)C1=CC(=O)c1c(O)c(C(C)C)c(O)c(O)c12. The molecule has 0 saturated heterocycles. The van der Waals surface area contributed by atoms with Gasteiger partial charge in [-0.2, -0.15) is 0 Å². The molecule has 0 spiro atoms. The normalized spacial score (nSPS) is 24.2. The highest BCUT2D eigenvalue weighted by Gasteiger charge is 2.52. The first kappa shape index (κ1) is 18.8. The van der Waals surface area contributed by atoms with Crippen LogP contribution in [0.4, 0.5) is 0 Å². The Morgan fingerprint density at radius 1 is 1.12 bits per heavy atom. The van der Waals surface area contributed by atoms with Gasteiger partial charge in [0, 0.05) is 23.7 Å². The van der Waals surface area contributed by atoms with E-state index in [0.717, 1.165) is 18.4 Å². The van der Waals surface area contributed by atoms with Gasteiger partial charge >= 0.3 is 0 Å². The molecule has 26 heavy (non-hydrogen) atoms. The van der Waals surface area contributed by atoms with Crippen molar-refractivity contribution in [2.45, 2.75) is 58.3 Å². The number of ketones is 1. The number of hydrogen-bond donors (Lipinski definition) is 3. The monoisotopic (exact) mass is 360 g/mol. The minimum absolute atomic E-state index is 0.0995. The summed E-state index contributed by atoms with van der Waals surface area (Å²) in [4.78, 5) is 13.0. The van der Waals surface area contributed by atoms with E-state index >= 15 is 0 Å². The second kappa shape index (κ2) is 6.02. The van der Waals surface area contributed by atoms with Crippen molar-refractivity contribution in [3.05, 3.63) is 28.3 Å². The number of aromatic hydroxyl groups is 3. The van der Waals surface area contributed by atoms with Crippen LogP contribution in [-0.4, -0.2) is 34.8 Å². The molecular formula is C21H28O5. The van der Waals surface area contributed by atoms with Crippen LogP contribution < -0.4 is 0 Å². The Morgan fingerprint density at radius 2 is 1.77 bits per heavy atom. The van der Waals surface area contributed by atoms with Gasteiger partial charge in [-0.1, -0.05) is 34.1 Å². The van der Waals surface area contributed by atoms with Gasteiger partial charge in [-0.3, -0.25) is 4.79 Å². The summed E-state index contributed by atoms with van der Waals surface area (Å²) in [7, 11) is 1.59. The van der Waals surface area contributed by atoms with Crippen LogP contribution in [-0.2, 0) is 10.2 Å². The molecule has 0 aromatic heterocycles. The van der Waals surface area contributed by atoms with Gasteiger partial charge in [-0.05, 0) is 35.8 Å². The van der Waals surface area contributed by atoms with Crippen LogP contribution in [0.3, 0.4) is 0 Å². The fourth-order valence-corrected chi connectivity index (χ4v) is 5.00. The lowest BCUT2D eigenvalue weighted by Gasteiger charge is -2.50. The van der Waals surface area contributed by atoms with Crippen LogP contribution >= 0.6 is 0 Å². The molecule has 0 amide bonds. The van der Waals surface area contributed by atoms with E-state index < -0.39 is 5.41 Å². The van der Waals surface area contributed by atoms with Crippen molar-refractivity contribution >= 4 is 5.78 Å². The Kier molecular flexibility index (Phi) is 4.34. The molecule has 0 heterocycles. The molecule has 0 unspecified atom stereocenters. The summed E-state index contributed by atoms with van der Waals surface area (Å²) < 4.78 is 5.51. The molecule has 5 nitrogen and oxygen atoms in total. The molecule has 0 bridgehead atoms. The Balaban J connectivity index is 2.43. The van der Waals surface area contributed by atoms with Crippen molar-refractivity contribution in [1.82, 2.24) is 0 Å². The lowest BCUT2D eigenvalue weighted by atomic mass is 9.54. The molecule has 3 rings (SSSR count). The van der Waals surface area contributed by atoms with Gasteiger partial charge in [0.2, 0.25) is 0 Å². The van der Waals surface area contributed by atoms with Crippen molar-refractivity contribution in [1.29, 1.82) is 0 Å². The smallest absolute Gasteiger partial charge is 0.190 e. The van der Waals surface area contributed by atoms with E-state index in [0.29, 0.717) is 12.0 Å². The van der Waals surface area contributed by atoms with E-state index in [1.54, 1.807) is 27.0 Å². The highest BCUT2D eigenvalue weighted by molar-refractivity contribution is 6.11. The number of methoxy groups -OCH3 is 1. The van der Waals surface area contributed by atoms with Crippen molar-refractivity contribution in [3.63, 3.8) is 0 Å². The molecule has 2 aliphatic carbocycles. The lowest BCUT2D eigenvalue weighted by Crippen LogP contribution is -2.46. The molecule has 1 aromatic rings. The molecule has 142 valence electrons. The first-order valence-electron chi connectivity index (χ1n) is 9.15. The molecule has 1 aromatic carbocycles. The van der Waals surface area contributed by atoms with E-state index in [2.05, 4.69) is 13.8 Å². The standard InChI is InChI=1S/C21H28O5/c1-11(2)14-17(23)15-12(22)9-13-20(3,4)7-6-8-21(13,10-26-5)16(15)19(25)18(14)24/h9,11,23-25H,6-8,10H2,1-5H3/t21-/m1/s1. The fraction of sp³-hybridized carbons (Fsp3) is 0.571. The van der Waals surface area contributed by atoms with E-state index in [9.17, 15) is 20.1 Å². The number of rotatable bonds is 3. The molecule has 1 fully saturated rings. The van der Waals surface area contributed by atoms with Crippen molar-refractivity contribution < 1.29 is 24.9 Å². The largest absolute Gasteiger partial charge is 0.507 e. The number of carbonyl (C=O) groups excluding carboxylic acids is 1. The summed E-state index contributed by atoms with van der Waals surface area (Å²) in [6, 6.07) is 0. The van der Waals surface area contributed by atoms with Gasteiger partial charge < -0.3 is 20.1 Å². The summed E-state index contributed by atoms with van der Waals surface area (Å²) in [6.07, 6.45) is 4.12. The van der Waals surface area contributed by atoms with Crippen LogP contribution in [0.15, 0.2) is 11.6 Å². The zero-order chi connectivity index (χ0) is 19.4. The molecule has 1 saturated carbocycles. The fourth-order valence-electron chi connectivity index (χ4n) is 5.00. The molecule has 0 aliphatic heterocycles. The minimum atomic E-state index is -0.728. The zero-order valence-electron chi connectivity index (χ0n) is 16.1. The first-order valence-corrected chi connectivity index (χ1v) is 9.15. The molecule has 3 N–H and O–H groups in total. The van der Waals surface area contributed by atoms with Gasteiger partial charge in [-0.25, -0.2) is 0 Å². The number of phenolic OH excluding ortho intramolecular Hbond substituents is 3. The Hall–Kier alpha value is -2.01. The Bertz CT molecular complexity index is 799. The number of ether oxygens (including phenoxy) is 1. The van der Waals surface area contributed by atoms with E-state index in [4.69, 9.17) is 4.74 Å². The summed E-state index contributed by atoms with van der Waals surface area (Å²) in [6.45, 7) is 8.03. The molecule has 1 atom stereocenters. The molecule has 5 heteroatoms.